The fourth-order valence-corrected chi connectivity index (χ4v) is 9.64. The number of thioether (sulfide) groups is 1. The Morgan fingerprint density at radius 2 is 1.81 bits per heavy atom. The maximum atomic E-state index is 13.7. The van der Waals surface area contributed by atoms with E-state index in [1.807, 2.05) is 25.7 Å². The normalized spacial score (nSPS) is 33.0. The lowest BCUT2D eigenvalue weighted by Gasteiger charge is -2.64. The third-order valence-electron chi connectivity index (χ3n) is 8.83. The van der Waals surface area contributed by atoms with Gasteiger partial charge in [0.2, 0.25) is 5.91 Å². The smallest absolute Gasteiger partial charge is 0.411 e. The third kappa shape index (κ3) is 6.17. The number of carbonyl (C=O) groups is 2. The molecule has 0 N–H and O–H groups in total. The van der Waals surface area contributed by atoms with Gasteiger partial charge in [-0.3, -0.25) is 9.69 Å². The zero-order valence-electron chi connectivity index (χ0n) is 23.0. The molecule has 2 unspecified atom stereocenters. The fraction of sp³-hybridized carbons (Fsp3) is 0.897. The van der Waals surface area contributed by atoms with E-state index in [0.717, 1.165) is 32.1 Å². The average Bonchev–Trinajstić information content (AvgIpc) is 3.26. The summed E-state index contributed by atoms with van der Waals surface area (Å²) < 4.78 is 6.14. The largest absolute Gasteiger partial charge is 0.444 e. The summed E-state index contributed by atoms with van der Waals surface area (Å²) in [5, 5.41) is 9.54. The van der Waals surface area contributed by atoms with E-state index >= 15 is 0 Å². The maximum Gasteiger partial charge on any atom is 0.411 e. The summed E-state index contributed by atoms with van der Waals surface area (Å²) in [5.41, 5.74) is -0.923. The number of nitrogens with zero attached hydrogens (tertiary/aromatic N) is 3. The van der Waals surface area contributed by atoms with Crippen molar-refractivity contribution in [3.05, 3.63) is 0 Å². The van der Waals surface area contributed by atoms with E-state index in [1.54, 1.807) is 4.90 Å². The van der Waals surface area contributed by atoms with Crippen molar-refractivity contribution < 1.29 is 14.3 Å². The number of unbranched alkanes of at least 4 members (excludes halogenated alkanes) is 4. The van der Waals surface area contributed by atoms with Crippen molar-refractivity contribution in [1.29, 1.82) is 5.26 Å². The van der Waals surface area contributed by atoms with Crippen LogP contribution in [0.4, 0.5) is 4.79 Å². The molecule has 0 aromatic heterocycles. The summed E-state index contributed by atoms with van der Waals surface area (Å²) in [4.78, 5) is 30.7. The van der Waals surface area contributed by atoms with Crippen molar-refractivity contribution in [1.82, 2.24) is 9.80 Å². The van der Waals surface area contributed by atoms with Crippen LogP contribution in [-0.4, -0.2) is 62.6 Å². The van der Waals surface area contributed by atoms with Crippen molar-refractivity contribution in [3.8, 4) is 6.07 Å². The molecule has 4 saturated carbocycles. The summed E-state index contributed by atoms with van der Waals surface area (Å²) in [6.45, 7) is 8.58. The van der Waals surface area contributed by atoms with E-state index in [9.17, 15) is 14.9 Å². The number of hydrogen-bond acceptors (Lipinski definition) is 5. The van der Waals surface area contributed by atoms with Gasteiger partial charge in [-0.25, -0.2) is 4.79 Å². The molecule has 202 valence electrons. The Morgan fingerprint density at radius 1 is 1.11 bits per heavy atom. The topological polar surface area (TPSA) is 73.6 Å². The van der Waals surface area contributed by atoms with Crippen molar-refractivity contribution in [2.45, 2.75) is 133 Å². The Hall–Kier alpha value is -1.42. The van der Waals surface area contributed by atoms with Gasteiger partial charge in [0.15, 0.2) is 0 Å². The minimum atomic E-state index is -0.617. The lowest BCUT2D eigenvalue weighted by molar-refractivity contribution is -0.138. The molecule has 6 nitrogen and oxygen atoms in total. The van der Waals surface area contributed by atoms with Crippen molar-refractivity contribution in [2.24, 2.45) is 11.8 Å². The van der Waals surface area contributed by atoms with E-state index < -0.39 is 5.60 Å². The van der Waals surface area contributed by atoms with Crippen LogP contribution in [0.2, 0.25) is 0 Å². The highest BCUT2D eigenvalue weighted by molar-refractivity contribution is 8.00. The number of hydrogen-bond donors (Lipinski definition) is 0. The van der Waals surface area contributed by atoms with Crippen molar-refractivity contribution >= 4 is 23.8 Å². The number of nitriles is 1. The second-order valence-corrected chi connectivity index (χ2v) is 14.6. The molecule has 4 aliphatic carbocycles. The molecule has 7 heteroatoms. The van der Waals surface area contributed by atoms with E-state index in [2.05, 4.69) is 24.8 Å². The highest BCUT2D eigenvalue weighted by Crippen LogP contribution is 2.64. The van der Waals surface area contributed by atoms with Gasteiger partial charge in [0.1, 0.15) is 18.2 Å². The Balaban J connectivity index is 1.53. The molecule has 2 amide bonds. The van der Waals surface area contributed by atoms with Crippen LogP contribution >= 0.6 is 11.8 Å². The Labute approximate surface area is 222 Å². The van der Waals surface area contributed by atoms with Gasteiger partial charge >= 0.3 is 6.09 Å². The Bertz CT molecular complexity index is 834. The molecule has 5 aliphatic rings. The molecule has 0 aromatic carbocycles. The zero-order valence-corrected chi connectivity index (χ0v) is 23.8. The summed E-state index contributed by atoms with van der Waals surface area (Å²) >= 11 is 2.16. The van der Waals surface area contributed by atoms with Crippen LogP contribution in [0.5, 0.6) is 0 Å². The Morgan fingerprint density at radius 3 is 2.44 bits per heavy atom. The summed E-state index contributed by atoms with van der Waals surface area (Å²) in [6.07, 6.45) is 14.4. The lowest BCUT2D eigenvalue weighted by atomic mass is 9.52. The number of amides is 2. The molecule has 5 rings (SSSR count). The first-order valence-corrected chi connectivity index (χ1v) is 15.4. The average molecular weight is 518 g/mol. The molecule has 1 heterocycles. The minimum absolute atomic E-state index is 0.0320. The van der Waals surface area contributed by atoms with Gasteiger partial charge in [0.05, 0.1) is 6.07 Å². The first-order chi connectivity index (χ1) is 17.1. The predicted molar refractivity (Wildman–Crippen MR) is 145 cm³/mol. The molecule has 0 radical (unpaired) electrons. The van der Waals surface area contributed by atoms with Crippen molar-refractivity contribution in [3.63, 3.8) is 0 Å². The van der Waals surface area contributed by atoms with Gasteiger partial charge in [0, 0.05) is 16.8 Å². The monoisotopic (exact) mass is 517 g/mol. The van der Waals surface area contributed by atoms with Gasteiger partial charge in [0.25, 0.3) is 0 Å². The highest BCUT2D eigenvalue weighted by atomic mass is 32.2. The molecule has 1 saturated heterocycles. The van der Waals surface area contributed by atoms with Crippen LogP contribution < -0.4 is 0 Å². The second-order valence-electron chi connectivity index (χ2n) is 13.1. The SMILES string of the molecule is CCCCCCCSC12CC3CC(C1)CC(N(CC(=O)N1CCC[C@H]1C#N)C(=O)OC(C)(C)C)(C3)C2. The summed E-state index contributed by atoms with van der Waals surface area (Å²) in [5.74, 6) is 2.34. The lowest BCUT2D eigenvalue weighted by Crippen LogP contribution is -2.67. The van der Waals surface area contributed by atoms with Gasteiger partial charge in [-0.15, -0.1) is 0 Å². The van der Waals surface area contributed by atoms with Crippen molar-refractivity contribution in [2.75, 3.05) is 18.8 Å². The fourth-order valence-electron chi connectivity index (χ4n) is 7.78. The molecule has 0 aromatic rings. The predicted octanol–water partition coefficient (Wildman–Crippen LogP) is 6.53. The van der Waals surface area contributed by atoms with Gasteiger partial charge < -0.3 is 9.64 Å². The second kappa shape index (κ2) is 11.1. The van der Waals surface area contributed by atoms with Gasteiger partial charge in [-0.1, -0.05) is 32.6 Å². The summed E-state index contributed by atoms with van der Waals surface area (Å²) in [7, 11) is 0. The van der Waals surface area contributed by atoms with Gasteiger partial charge in [-0.05, 0) is 96.1 Å². The number of carbonyl (C=O) groups excluding carboxylic acids is 2. The zero-order chi connectivity index (χ0) is 26.0. The molecule has 3 atom stereocenters. The minimum Gasteiger partial charge on any atom is -0.444 e. The van der Waals surface area contributed by atoms with Gasteiger partial charge in [-0.2, -0.15) is 17.0 Å². The maximum absolute atomic E-state index is 13.7. The standard InChI is InChI=1S/C29H47N3O3S/c1-5-6-7-8-9-13-36-29-17-22-14-23(18-29)16-28(15-22,21-29)32(26(34)35-27(2,3)4)20-25(33)31-12-10-11-24(31)19-30/h22-24H,5-18,20-21H2,1-4H3/t22?,23?,24-,28?,29?/m0/s1. The number of likely N-dealkylation sites (tertiary alicyclic amines) is 1. The molecular weight excluding hydrogens is 470 g/mol. The quantitative estimate of drug-likeness (QED) is 0.308. The van der Waals surface area contributed by atoms with Crippen LogP contribution in [-0.2, 0) is 9.53 Å². The molecule has 0 spiro atoms. The van der Waals surface area contributed by atoms with Crippen LogP contribution in [0.3, 0.4) is 0 Å². The first kappa shape index (κ1) is 27.6. The molecule has 1 aliphatic heterocycles. The Kier molecular flexibility index (Phi) is 8.54. The van der Waals surface area contributed by atoms with E-state index in [4.69, 9.17) is 4.74 Å². The molecular formula is C29H47N3O3S. The van der Waals surface area contributed by atoms with Crippen LogP contribution in [0.1, 0.15) is 111 Å². The molecule has 4 bridgehead atoms. The molecule has 36 heavy (non-hydrogen) atoms. The van der Waals surface area contributed by atoms with Crippen LogP contribution in [0, 0.1) is 23.2 Å². The first-order valence-electron chi connectivity index (χ1n) is 14.4. The molecule has 5 fully saturated rings. The van der Waals surface area contributed by atoms with Crippen LogP contribution in [0.15, 0.2) is 0 Å². The van der Waals surface area contributed by atoms with E-state index in [0.29, 0.717) is 18.4 Å². The summed E-state index contributed by atoms with van der Waals surface area (Å²) in [6, 6.07) is 1.91. The van der Waals surface area contributed by atoms with E-state index in [-0.39, 0.29) is 34.9 Å². The van der Waals surface area contributed by atoms with E-state index in [1.165, 1.54) is 57.1 Å². The van der Waals surface area contributed by atoms with Crippen LogP contribution in [0.25, 0.3) is 0 Å². The third-order valence-corrected chi connectivity index (χ3v) is 10.4. The highest BCUT2D eigenvalue weighted by Gasteiger charge is 2.61. The number of ether oxygens (including phenoxy) is 1. The number of rotatable bonds is 10.